The van der Waals surface area contributed by atoms with Crippen molar-refractivity contribution in [3.63, 3.8) is 0 Å². The van der Waals surface area contributed by atoms with Gasteiger partial charge in [-0.3, -0.25) is 0 Å². The first-order valence-electron chi connectivity index (χ1n) is 3.55. The SMILES string of the molecule is CC(C)C(C#N)CCC=O. The van der Waals surface area contributed by atoms with Crippen LogP contribution in [0.4, 0.5) is 0 Å². The van der Waals surface area contributed by atoms with Crippen LogP contribution in [-0.2, 0) is 4.79 Å². The van der Waals surface area contributed by atoms with Gasteiger partial charge < -0.3 is 4.79 Å². The molecule has 56 valence electrons. The highest BCUT2D eigenvalue weighted by Crippen LogP contribution is 2.14. The van der Waals surface area contributed by atoms with Crippen molar-refractivity contribution < 1.29 is 4.79 Å². The van der Waals surface area contributed by atoms with Crippen LogP contribution < -0.4 is 0 Å². The normalized spacial score (nSPS) is 12.6. The molecule has 0 saturated heterocycles. The van der Waals surface area contributed by atoms with Gasteiger partial charge >= 0.3 is 0 Å². The summed E-state index contributed by atoms with van der Waals surface area (Å²) in [6.45, 7) is 4.00. The van der Waals surface area contributed by atoms with E-state index in [1.165, 1.54) is 0 Å². The molecular formula is C8H13NO. The lowest BCUT2D eigenvalue weighted by Crippen LogP contribution is -2.05. The van der Waals surface area contributed by atoms with Crippen molar-refractivity contribution in [2.24, 2.45) is 11.8 Å². The van der Waals surface area contributed by atoms with Crippen LogP contribution in [0.2, 0.25) is 0 Å². The smallest absolute Gasteiger partial charge is 0.120 e. The molecule has 0 N–H and O–H groups in total. The maximum Gasteiger partial charge on any atom is 0.120 e. The van der Waals surface area contributed by atoms with Crippen molar-refractivity contribution in [1.82, 2.24) is 0 Å². The predicted octanol–water partition coefficient (Wildman–Crippen LogP) is 1.76. The van der Waals surface area contributed by atoms with Crippen LogP contribution in [0.5, 0.6) is 0 Å². The van der Waals surface area contributed by atoms with Crippen molar-refractivity contribution in [2.45, 2.75) is 26.7 Å². The van der Waals surface area contributed by atoms with Crippen LogP contribution >= 0.6 is 0 Å². The maximum absolute atomic E-state index is 9.94. The topological polar surface area (TPSA) is 40.9 Å². The minimum atomic E-state index is 0.0465. The third kappa shape index (κ3) is 3.24. The lowest BCUT2D eigenvalue weighted by molar-refractivity contribution is -0.108. The van der Waals surface area contributed by atoms with Gasteiger partial charge in [-0.1, -0.05) is 13.8 Å². The van der Waals surface area contributed by atoms with E-state index in [1.54, 1.807) is 0 Å². The van der Waals surface area contributed by atoms with E-state index in [4.69, 9.17) is 5.26 Å². The van der Waals surface area contributed by atoms with Gasteiger partial charge in [0.15, 0.2) is 0 Å². The van der Waals surface area contributed by atoms with E-state index in [-0.39, 0.29) is 5.92 Å². The molecule has 0 heterocycles. The van der Waals surface area contributed by atoms with Crippen LogP contribution in [0.25, 0.3) is 0 Å². The summed E-state index contributed by atoms with van der Waals surface area (Å²) >= 11 is 0. The van der Waals surface area contributed by atoms with E-state index in [0.29, 0.717) is 18.8 Å². The molecule has 2 heteroatoms. The Morgan fingerprint density at radius 2 is 2.20 bits per heavy atom. The lowest BCUT2D eigenvalue weighted by Gasteiger charge is -2.09. The Morgan fingerprint density at radius 3 is 2.50 bits per heavy atom. The van der Waals surface area contributed by atoms with E-state index in [1.807, 2.05) is 13.8 Å². The van der Waals surface area contributed by atoms with Crippen LogP contribution in [0.1, 0.15) is 26.7 Å². The highest BCUT2D eigenvalue weighted by atomic mass is 16.1. The zero-order chi connectivity index (χ0) is 7.98. The van der Waals surface area contributed by atoms with Crippen molar-refractivity contribution in [2.75, 3.05) is 0 Å². The zero-order valence-corrected chi connectivity index (χ0v) is 6.50. The number of hydrogen-bond acceptors (Lipinski definition) is 2. The molecule has 0 fully saturated rings. The molecule has 0 amide bonds. The van der Waals surface area contributed by atoms with Crippen LogP contribution in [0.3, 0.4) is 0 Å². The molecule has 0 bridgehead atoms. The van der Waals surface area contributed by atoms with Gasteiger partial charge in [0.25, 0.3) is 0 Å². The summed E-state index contributed by atoms with van der Waals surface area (Å²) in [5.41, 5.74) is 0. The summed E-state index contributed by atoms with van der Waals surface area (Å²) < 4.78 is 0. The van der Waals surface area contributed by atoms with Gasteiger partial charge in [0.2, 0.25) is 0 Å². The summed E-state index contributed by atoms with van der Waals surface area (Å²) in [7, 11) is 0. The number of nitriles is 1. The third-order valence-corrected chi connectivity index (χ3v) is 1.57. The Balaban J connectivity index is 3.63. The zero-order valence-electron chi connectivity index (χ0n) is 6.50. The van der Waals surface area contributed by atoms with Crippen LogP contribution in [-0.4, -0.2) is 6.29 Å². The van der Waals surface area contributed by atoms with Gasteiger partial charge in [-0.15, -0.1) is 0 Å². The molecule has 0 saturated carbocycles. The summed E-state index contributed by atoms with van der Waals surface area (Å²) in [6, 6.07) is 2.18. The first kappa shape index (κ1) is 9.16. The largest absolute Gasteiger partial charge is 0.303 e. The van der Waals surface area contributed by atoms with E-state index in [0.717, 1.165) is 6.29 Å². The van der Waals surface area contributed by atoms with Crippen LogP contribution in [0.15, 0.2) is 0 Å². The van der Waals surface area contributed by atoms with Crippen molar-refractivity contribution in [3.05, 3.63) is 0 Å². The van der Waals surface area contributed by atoms with E-state index in [2.05, 4.69) is 6.07 Å². The molecule has 0 aliphatic heterocycles. The number of aldehydes is 1. The Bertz CT molecular complexity index is 135. The maximum atomic E-state index is 9.94. The quantitative estimate of drug-likeness (QED) is 0.557. The lowest BCUT2D eigenvalue weighted by atomic mass is 9.93. The van der Waals surface area contributed by atoms with Gasteiger partial charge in [0.1, 0.15) is 6.29 Å². The Morgan fingerprint density at radius 1 is 1.60 bits per heavy atom. The van der Waals surface area contributed by atoms with Crippen LogP contribution in [0, 0.1) is 23.2 Å². The number of nitrogens with zero attached hydrogens (tertiary/aromatic N) is 1. The molecule has 0 aromatic rings. The second-order valence-electron chi connectivity index (χ2n) is 2.72. The molecule has 0 rings (SSSR count). The van der Waals surface area contributed by atoms with Gasteiger partial charge in [-0.25, -0.2) is 0 Å². The second kappa shape index (κ2) is 4.99. The fraction of sp³-hybridized carbons (Fsp3) is 0.750. The Labute approximate surface area is 61.8 Å². The summed E-state index contributed by atoms with van der Waals surface area (Å²) in [4.78, 5) is 9.94. The molecule has 0 aliphatic rings. The van der Waals surface area contributed by atoms with Crippen molar-refractivity contribution in [3.8, 4) is 6.07 Å². The van der Waals surface area contributed by atoms with E-state index < -0.39 is 0 Å². The average Bonchev–Trinajstić information content (AvgIpc) is 1.89. The monoisotopic (exact) mass is 139 g/mol. The number of hydrogen-bond donors (Lipinski definition) is 0. The van der Waals surface area contributed by atoms with Gasteiger partial charge in [-0.2, -0.15) is 5.26 Å². The molecular weight excluding hydrogens is 126 g/mol. The van der Waals surface area contributed by atoms with E-state index in [9.17, 15) is 4.79 Å². The Kier molecular flexibility index (Phi) is 4.57. The fourth-order valence-electron chi connectivity index (χ4n) is 0.795. The molecule has 0 aromatic heterocycles. The van der Waals surface area contributed by atoms with Crippen molar-refractivity contribution in [1.29, 1.82) is 5.26 Å². The molecule has 2 nitrogen and oxygen atoms in total. The molecule has 0 spiro atoms. The summed E-state index contributed by atoms with van der Waals surface area (Å²) in [6.07, 6.45) is 2.08. The minimum Gasteiger partial charge on any atom is -0.303 e. The number of carbonyl (C=O) groups is 1. The molecule has 0 radical (unpaired) electrons. The van der Waals surface area contributed by atoms with E-state index >= 15 is 0 Å². The minimum absolute atomic E-state index is 0.0465. The van der Waals surface area contributed by atoms with Gasteiger partial charge in [0, 0.05) is 12.3 Å². The Hall–Kier alpha value is -0.840. The molecule has 0 aromatic carbocycles. The fourth-order valence-corrected chi connectivity index (χ4v) is 0.795. The second-order valence-corrected chi connectivity index (χ2v) is 2.72. The summed E-state index contributed by atoms with van der Waals surface area (Å²) in [5, 5.41) is 8.56. The first-order chi connectivity index (χ1) is 4.72. The third-order valence-electron chi connectivity index (χ3n) is 1.57. The molecule has 0 aliphatic carbocycles. The highest BCUT2D eigenvalue weighted by molar-refractivity contribution is 5.49. The van der Waals surface area contributed by atoms with Crippen molar-refractivity contribution >= 4 is 6.29 Å². The number of rotatable bonds is 4. The number of carbonyl (C=O) groups excluding carboxylic acids is 1. The first-order valence-corrected chi connectivity index (χ1v) is 3.55. The molecule has 10 heavy (non-hydrogen) atoms. The average molecular weight is 139 g/mol. The van der Waals surface area contributed by atoms with Gasteiger partial charge in [-0.05, 0) is 12.3 Å². The molecule has 1 unspecified atom stereocenters. The highest BCUT2D eigenvalue weighted by Gasteiger charge is 2.10. The standard InChI is InChI=1S/C8H13NO/c1-7(2)8(6-9)4-3-5-10/h5,7-8H,3-4H2,1-2H3. The van der Waals surface area contributed by atoms with Gasteiger partial charge in [0.05, 0.1) is 6.07 Å². The molecule has 1 atom stereocenters. The predicted molar refractivity (Wildman–Crippen MR) is 39.2 cm³/mol. The summed E-state index contributed by atoms with van der Waals surface area (Å²) in [5.74, 6) is 0.412.